The smallest absolute Gasteiger partial charge is 0.0642 e. The summed E-state index contributed by atoms with van der Waals surface area (Å²) < 4.78 is 5.47. The Morgan fingerprint density at radius 1 is 1.00 bits per heavy atom. The molecule has 0 spiro atoms. The standard InChI is InChI=1S/C18H23NO/c1-14(2)13-15-7-8-18(19-9-11-20-12-10-19)17-6-4-3-5-16(15)17/h3-8,14H,9-13H2,1-2H3. The Morgan fingerprint density at radius 2 is 1.70 bits per heavy atom. The molecule has 1 aliphatic rings. The maximum absolute atomic E-state index is 5.47. The summed E-state index contributed by atoms with van der Waals surface area (Å²) in [5.41, 5.74) is 2.82. The first-order chi connectivity index (χ1) is 9.75. The Morgan fingerprint density at radius 3 is 2.40 bits per heavy atom. The van der Waals surface area contributed by atoms with Crippen LogP contribution in [0.1, 0.15) is 19.4 Å². The molecule has 0 bridgehead atoms. The van der Waals surface area contributed by atoms with Crippen molar-refractivity contribution in [3.05, 3.63) is 42.0 Å². The van der Waals surface area contributed by atoms with Crippen molar-refractivity contribution in [2.24, 2.45) is 5.92 Å². The van der Waals surface area contributed by atoms with E-state index in [1.165, 1.54) is 22.0 Å². The molecule has 20 heavy (non-hydrogen) atoms. The number of morpholine rings is 1. The van der Waals surface area contributed by atoms with Crippen LogP contribution in [0.15, 0.2) is 36.4 Å². The highest BCUT2D eigenvalue weighted by Crippen LogP contribution is 2.31. The number of hydrogen-bond acceptors (Lipinski definition) is 2. The summed E-state index contributed by atoms with van der Waals surface area (Å²) in [4.78, 5) is 2.45. The van der Waals surface area contributed by atoms with Crippen LogP contribution in [0, 0.1) is 5.92 Å². The van der Waals surface area contributed by atoms with Crippen LogP contribution in [0.5, 0.6) is 0 Å². The van der Waals surface area contributed by atoms with E-state index in [4.69, 9.17) is 4.74 Å². The van der Waals surface area contributed by atoms with Gasteiger partial charge in [-0.05, 0) is 29.4 Å². The SMILES string of the molecule is CC(C)Cc1ccc(N2CCOCC2)c2ccccc12. The fraction of sp³-hybridized carbons (Fsp3) is 0.444. The normalized spacial score (nSPS) is 16.1. The first kappa shape index (κ1) is 13.4. The van der Waals surface area contributed by atoms with E-state index >= 15 is 0 Å². The summed E-state index contributed by atoms with van der Waals surface area (Å²) in [7, 11) is 0. The van der Waals surface area contributed by atoms with Gasteiger partial charge in [-0.25, -0.2) is 0 Å². The lowest BCUT2D eigenvalue weighted by Crippen LogP contribution is -2.36. The summed E-state index contributed by atoms with van der Waals surface area (Å²) in [6, 6.07) is 13.4. The summed E-state index contributed by atoms with van der Waals surface area (Å²) in [6.07, 6.45) is 1.14. The van der Waals surface area contributed by atoms with Gasteiger partial charge in [0.05, 0.1) is 13.2 Å². The molecule has 1 saturated heterocycles. The summed E-state index contributed by atoms with van der Waals surface area (Å²) in [5.74, 6) is 0.688. The van der Waals surface area contributed by atoms with Crippen LogP contribution >= 0.6 is 0 Å². The number of rotatable bonds is 3. The van der Waals surface area contributed by atoms with Crippen molar-refractivity contribution in [3.63, 3.8) is 0 Å². The number of hydrogen-bond donors (Lipinski definition) is 0. The topological polar surface area (TPSA) is 12.5 Å². The lowest BCUT2D eigenvalue weighted by Gasteiger charge is -2.30. The van der Waals surface area contributed by atoms with Crippen LogP contribution in [-0.2, 0) is 11.2 Å². The van der Waals surface area contributed by atoms with E-state index in [1.807, 2.05) is 0 Å². The number of ether oxygens (including phenoxy) is 1. The third kappa shape index (κ3) is 2.66. The third-order valence-electron chi connectivity index (χ3n) is 3.97. The molecule has 0 aromatic heterocycles. The number of benzene rings is 2. The second-order valence-corrected chi connectivity index (χ2v) is 5.99. The molecule has 106 valence electrons. The molecular weight excluding hydrogens is 246 g/mol. The Labute approximate surface area is 121 Å². The second-order valence-electron chi connectivity index (χ2n) is 5.99. The molecule has 1 aliphatic heterocycles. The molecule has 0 aliphatic carbocycles. The molecule has 0 amide bonds. The van der Waals surface area contributed by atoms with E-state index in [9.17, 15) is 0 Å². The van der Waals surface area contributed by atoms with Crippen LogP contribution in [0.25, 0.3) is 10.8 Å². The van der Waals surface area contributed by atoms with Crippen molar-refractivity contribution in [1.29, 1.82) is 0 Å². The molecule has 0 saturated carbocycles. The molecule has 3 rings (SSSR count). The van der Waals surface area contributed by atoms with E-state index < -0.39 is 0 Å². The monoisotopic (exact) mass is 269 g/mol. The lowest BCUT2D eigenvalue weighted by atomic mass is 9.95. The van der Waals surface area contributed by atoms with Gasteiger partial charge in [0, 0.05) is 24.2 Å². The predicted molar refractivity (Wildman–Crippen MR) is 85.5 cm³/mol. The summed E-state index contributed by atoms with van der Waals surface area (Å²) in [6.45, 7) is 8.22. The maximum atomic E-state index is 5.47. The highest BCUT2D eigenvalue weighted by molar-refractivity contribution is 5.96. The first-order valence-corrected chi connectivity index (χ1v) is 7.59. The van der Waals surface area contributed by atoms with Gasteiger partial charge < -0.3 is 9.64 Å². The van der Waals surface area contributed by atoms with Gasteiger partial charge in [-0.3, -0.25) is 0 Å². The molecule has 2 aromatic rings. The van der Waals surface area contributed by atoms with Gasteiger partial charge in [-0.15, -0.1) is 0 Å². The fourth-order valence-corrected chi connectivity index (χ4v) is 3.04. The molecule has 2 heteroatoms. The predicted octanol–water partition coefficient (Wildman–Crippen LogP) is 3.87. The Balaban J connectivity index is 2.05. The zero-order chi connectivity index (χ0) is 13.9. The highest BCUT2D eigenvalue weighted by atomic mass is 16.5. The molecule has 0 N–H and O–H groups in total. The van der Waals surface area contributed by atoms with Crippen molar-refractivity contribution in [2.75, 3.05) is 31.2 Å². The minimum Gasteiger partial charge on any atom is -0.378 e. The van der Waals surface area contributed by atoms with Crippen molar-refractivity contribution in [2.45, 2.75) is 20.3 Å². The largest absolute Gasteiger partial charge is 0.378 e. The van der Waals surface area contributed by atoms with Crippen molar-refractivity contribution in [1.82, 2.24) is 0 Å². The lowest BCUT2D eigenvalue weighted by molar-refractivity contribution is 0.123. The molecule has 2 nitrogen and oxygen atoms in total. The van der Waals surface area contributed by atoms with Crippen LogP contribution < -0.4 is 4.90 Å². The summed E-state index contributed by atoms with van der Waals surface area (Å²) in [5, 5.41) is 2.79. The summed E-state index contributed by atoms with van der Waals surface area (Å²) >= 11 is 0. The van der Waals surface area contributed by atoms with E-state index in [0.717, 1.165) is 32.7 Å². The van der Waals surface area contributed by atoms with Gasteiger partial charge in [0.15, 0.2) is 0 Å². The minimum absolute atomic E-state index is 0.688. The van der Waals surface area contributed by atoms with E-state index in [2.05, 4.69) is 55.1 Å². The molecule has 1 fully saturated rings. The molecule has 0 atom stereocenters. The third-order valence-corrected chi connectivity index (χ3v) is 3.97. The quantitative estimate of drug-likeness (QED) is 0.838. The second kappa shape index (κ2) is 5.84. The fourth-order valence-electron chi connectivity index (χ4n) is 3.04. The van der Waals surface area contributed by atoms with Gasteiger partial charge in [-0.2, -0.15) is 0 Å². The molecule has 2 aromatic carbocycles. The van der Waals surface area contributed by atoms with Crippen LogP contribution in [0.2, 0.25) is 0 Å². The van der Waals surface area contributed by atoms with Gasteiger partial charge >= 0.3 is 0 Å². The molecule has 1 heterocycles. The van der Waals surface area contributed by atoms with E-state index in [-0.39, 0.29) is 0 Å². The van der Waals surface area contributed by atoms with Gasteiger partial charge in [0.2, 0.25) is 0 Å². The highest BCUT2D eigenvalue weighted by Gasteiger charge is 2.15. The number of anilines is 1. The Kier molecular flexibility index (Phi) is 3.93. The van der Waals surface area contributed by atoms with Gasteiger partial charge in [-0.1, -0.05) is 44.2 Å². The van der Waals surface area contributed by atoms with Gasteiger partial charge in [0.25, 0.3) is 0 Å². The molecule has 0 radical (unpaired) electrons. The number of fused-ring (bicyclic) bond motifs is 1. The van der Waals surface area contributed by atoms with E-state index in [1.54, 1.807) is 0 Å². The Hall–Kier alpha value is -1.54. The van der Waals surface area contributed by atoms with Crippen molar-refractivity contribution < 1.29 is 4.74 Å². The Bertz CT molecular complexity index is 585. The minimum atomic E-state index is 0.688. The van der Waals surface area contributed by atoms with E-state index in [0.29, 0.717) is 5.92 Å². The molecular formula is C18H23NO. The van der Waals surface area contributed by atoms with Crippen LogP contribution in [0.3, 0.4) is 0 Å². The molecule has 0 unspecified atom stereocenters. The van der Waals surface area contributed by atoms with Crippen LogP contribution in [0.4, 0.5) is 5.69 Å². The van der Waals surface area contributed by atoms with Crippen molar-refractivity contribution >= 4 is 16.5 Å². The number of nitrogens with zero attached hydrogens (tertiary/aromatic N) is 1. The first-order valence-electron chi connectivity index (χ1n) is 7.59. The maximum Gasteiger partial charge on any atom is 0.0642 e. The average Bonchev–Trinajstić information content (AvgIpc) is 2.48. The van der Waals surface area contributed by atoms with Gasteiger partial charge in [0.1, 0.15) is 0 Å². The van der Waals surface area contributed by atoms with Crippen LogP contribution in [-0.4, -0.2) is 26.3 Å². The zero-order valence-corrected chi connectivity index (χ0v) is 12.4. The van der Waals surface area contributed by atoms with Crippen molar-refractivity contribution in [3.8, 4) is 0 Å². The average molecular weight is 269 g/mol. The zero-order valence-electron chi connectivity index (χ0n) is 12.4.